The Morgan fingerprint density at radius 3 is 2.78 bits per heavy atom. The zero-order valence-corrected chi connectivity index (χ0v) is 20.4. The third-order valence-electron chi connectivity index (χ3n) is 6.42. The number of nitrogens with two attached hydrogens (primary N) is 1. The lowest BCUT2D eigenvalue weighted by Gasteiger charge is -2.23. The number of aromatic nitrogens is 1. The molecule has 1 saturated heterocycles. The highest BCUT2D eigenvalue weighted by molar-refractivity contribution is 5.99. The SMILES string of the molecule is N#Cc1ccccc1-c1ccc(C(=O)NCCN2C(=O)CC[C@@H]2CN)c(NCCc2cccc(F)c2)n1. The largest absolute Gasteiger partial charge is 0.369 e. The number of amides is 2. The van der Waals surface area contributed by atoms with Gasteiger partial charge in [0.1, 0.15) is 11.6 Å². The fraction of sp³-hybridized carbons (Fsp3) is 0.286. The lowest BCUT2D eigenvalue weighted by molar-refractivity contribution is -0.128. The van der Waals surface area contributed by atoms with Crippen molar-refractivity contribution >= 4 is 17.6 Å². The Morgan fingerprint density at radius 2 is 2.00 bits per heavy atom. The van der Waals surface area contributed by atoms with Crippen LogP contribution in [0.25, 0.3) is 11.3 Å². The molecule has 1 aliphatic heterocycles. The van der Waals surface area contributed by atoms with Crippen LogP contribution in [0, 0.1) is 17.1 Å². The van der Waals surface area contributed by atoms with Crippen molar-refractivity contribution in [3.8, 4) is 17.3 Å². The normalized spacial score (nSPS) is 14.9. The Labute approximate surface area is 215 Å². The minimum Gasteiger partial charge on any atom is -0.369 e. The molecule has 8 nitrogen and oxygen atoms in total. The fourth-order valence-electron chi connectivity index (χ4n) is 4.48. The van der Waals surface area contributed by atoms with E-state index in [1.165, 1.54) is 12.1 Å². The standard InChI is InChI=1S/C28H29FN6O2/c29-21-6-3-4-19(16-21)12-13-32-27-24(9-10-25(34-27)23-7-2-1-5-20(23)17-30)28(37)33-14-15-35-22(18-31)8-11-26(35)36/h1-7,9-10,16,22H,8,11-15,18,31H2,(H,32,34)(H,33,37)/t22-/m1/s1. The molecule has 1 fully saturated rings. The highest BCUT2D eigenvalue weighted by Crippen LogP contribution is 2.25. The molecule has 0 aliphatic carbocycles. The smallest absolute Gasteiger partial charge is 0.255 e. The maximum atomic E-state index is 13.6. The van der Waals surface area contributed by atoms with Crippen molar-refractivity contribution < 1.29 is 14.0 Å². The van der Waals surface area contributed by atoms with Crippen LogP contribution >= 0.6 is 0 Å². The van der Waals surface area contributed by atoms with E-state index in [1.54, 1.807) is 41.3 Å². The number of carbonyl (C=O) groups is 2. The number of hydrogen-bond acceptors (Lipinski definition) is 6. The van der Waals surface area contributed by atoms with Crippen LogP contribution in [0.2, 0.25) is 0 Å². The molecule has 0 spiro atoms. The number of rotatable bonds is 10. The Kier molecular flexibility index (Phi) is 8.44. The first-order valence-electron chi connectivity index (χ1n) is 12.3. The van der Waals surface area contributed by atoms with Crippen molar-refractivity contribution in [3.63, 3.8) is 0 Å². The molecule has 1 atom stereocenters. The molecule has 9 heteroatoms. The summed E-state index contributed by atoms with van der Waals surface area (Å²) in [7, 11) is 0. The third kappa shape index (κ3) is 6.29. The summed E-state index contributed by atoms with van der Waals surface area (Å²) in [5, 5.41) is 15.6. The lowest BCUT2D eigenvalue weighted by Crippen LogP contribution is -2.42. The summed E-state index contributed by atoms with van der Waals surface area (Å²) < 4.78 is 13.6. The average Bonchev–Trinajstić information content (AvgIpc) is 3.27. The average molecular weight is 501 g/mol. The third-order valence-corrected chi connectivity index (χ3v) is 6.42. The molecule has 0 unspecified atom stereocenters. The second kappa shape index (κ2) is 12.1. The molecular formula is C28H29FN6O2. The van der Waals surface area contributed by atoms with Gasteiger partial charge in [0.15, 0.2) is 0 Å². The van der Waals surface area contributed by atoms with Crippen molar-refractivity contribution in [2.24, 2.45) is 5.73 Å². The van der Waals surface area contributed by atoms with Crippen LogP contribution in [0.3, 0.4) is 0 Å². The van der Waals surface area contributed by atoms with E-state index in [-0.39, 0.29) is 30.2 Å². The van der Waals surface area contributed by atoms with E-state index in [0.29, 0.717) is 60.7 Å². The van der Waals surface area contributed by atoms with Gasteiger partial charge in [0, 0.05) is 44.2 Å². The van der Waals surface area contributed by atoms with Crippen LogP contribution in [0.5, 0.6) is 0 Å². The number of pyridine rings is 1. The van der Waals surface area contributed by atoms with Crippen LogP contribution in [0.1, 0.15) is 34.3 Å². The molecule has 1 aliphatic rings. The molecular weight excluding hydrogens is 471 g/mol. The van der Waals surface area contributed by atoms with E-state index < -0.39 is 0 Å². The van der Waals surface area contributed by atoms with E-state index in [9.17, 15) is 19.2 Å². The Morgan fingerprint density at radius 1 is 1.16 bits per heavy atom. The van der Waals surface area contributed by atoms with Gasteiger partial charge in [-0.05, 0) is 48.7 Å². The monoisotopic (exact) mass is 500 g/mol. The molecule has 0 saturated carbocycles. The molecule has 0 bridgehead atoms. The number of hydrogen-bond donors (Lipinski definition) is 3. The predicted molar refractivity (Wildman–Crippen MR) is 139 cm³/mol. The van der Waals surface area contributed by atoms with Crippen molar-refractivity contribution in [1.82, 2.24) is 15.2 Å². The van der Waals surface area contributed by atoms with Crippen molar-refractivity contribution in [2.45, 2.75) is 25.3 Å². The van der Waals surface area contributed by atoms with Crippen LogP contribution in [-0.2, 0) is 11.2 Å². The number of nitrogens with one attached hydrogen (secondary N) is 2. The molecule has 37 heavy (non-hydrogen) atoms. The first kappa shape index (κ1) is 25.8. The van der Waals surface area contributed by atoms with E-state index in [2.05, 4.69) is 21.7 Å². The predicted octanol–water partition coefficient (Wildman–Crippen LogP) is 3.09. The second-order valence-electron chi connectivity index (χ2n) is 8.83. The van der Waals surface area contributed by atoms with Crippen LogP contribution < -0.4 is 16.4 Å². The fourth-order valence-corrected chi connectivity index (χ4v) is 4.48. The molecule has 1 aromatic heterocycles. The van der Waals surface area contributed by atoms with Gasteiger partial charge in [-0.15, -0.1) is 0 Å². The molecule has 2 aromatic carbocycles. The van der Waals surface area contributed by atoms with E-state index >= 15 is 0 Å². The molecule has 3 aromatic rings. The number of likely N-dealkylation sites (tertiary alicyclic amines) is 1. The maximum Gasteiger partial charge on any atom is 0.255 e. The highest BCUT2D eigenvalue weighted by Gasteiger charge is 2.29. The number of carbonyl (C=O) groups excluding carboxylic acids is 2. The van der Waals surface area contributed by atoms with Crippen LogP contribution in [0.15, 0.2) is 60.7 Å². The highest BCUT2D eigenvalue weighted by atomic mass is 19.1. The van der Waals surface area contributed by atoms with Gasteiger partial charge in [-0.1, -0.05) is 30.3 Å². The maximum absolute atomic E-state index is 13.6. The van der Waals surface area contributed by atoms with Gasteiger partial charge in [0.05, 0.1) is 22.9 Å². The Bertz CT molecular complexity index is 1320. The summed E-state index contributed by atoms with van der Waals surface area (Å²) in [6.45, 7) is 1.48. The first-order valence-corrected chi connectivity index (χ1v) is 12.3. The minimum absolute atomic E-state index is 0.00519. The molecule has 0 radical (unpaired) electrons. The van der Waals surface area contributed by atoms with Crippen molar-refractivity contribution in [1.29, 1.82) is 5.26 Å². The number of nitrogens with zero attached hydrogens (tertiary/aromatic N) is 3. The van der Waals surface area contributed by atoms with Gasteiger partial charge in [-0.2, -0.15) is 5.26 Å². The van der Waals surface area contributed by atoms with E-state index in [4.69, 9.17) is 5.73 Å². The summed E-state index contributed by atoms with van der Waals surface area (Å²) in [6, 6.07) is 19.0. The number of halogens is 1. The van der Waals surface area contributed by atoms with Gasteiger partial charge in [-0.25, -0.2) is 9.37 Å². The summed E-state index contributed by atoms with van der Waals surface area (Å²) in [6.07, 6.45) is 1.74. The van der Waals surface area contributed by atoms with Gasteiger partial charge < -0.3 is 21.3 Å². The molecule has 2 amide bonds. The number of anilines is 1. The Hall–Kier alpha value is -4.29. The van der Waals surface area contributed by atoms with E-state index in [0.717, 1.165) is 12.0 Å². The van der Waals surface area contributed by atoms with Gasteiger partial charge in [-0.3, -0.25) is 9.59 Å². The number of nitriles is 1. The Balaban J connectivity index is 1.51. The van der Waals surface area contributed by atoms with Crippen LogP contribution in [0.4, 0.5) is 10.2 Å². The lowest BCUT2D eigenvalue weighted by atomic mass is 10.0. The molecule has 4 N–H and O–H groups in total. The van der Waals surface area contributed by atoms with Crippen LogP contribution in [-0.4, -0.2) is 53.9 Å². The zero-order valence-electron chi connectivity index (χ0n) is 20.4. The minimum atomic E-state index is -0.336. The second-order valence-corrected chi connectivity index (χ2v) is 8.83. The molecule has 2 heterocycles. The van der Waals surface area contributed by atoms with Crippen molar-refractivity contribution in [2.75, 3.05) is 31.5 Å². The number of benzene rings is 2. The molecule has 4 rings (SSSR count). The summed E-state index contributed by atoms with van der Waals surface area (Å²) in [5.74, 6) is -0.237. The summed E-state index contributed by atoms with van der Waals surface area (Å²) in [5.41, 5.74) is 8.60. The van der Waals surface area contributed by atoms with E-state index in [1.807, 2.05) is 12.1 Å². The zero-order chi connectivity index (χ0) is 26.2. The molecule has 190 valence electrons. The first-order chi connectivity index (χ1) is 18.0. The van der Waals surface area contributed by atoms with Gasteiger partial charge >= 0.3 is 0 Å². The van der Waals surface area contributed by atoms with Gasteiger partial charge in [0.2, 0.25) is 5.91 Å². The van der Waals surface area contributed by atoms with Gasteiger partial charge in [0.25, 0.3) is 5.91 Å². The summed E-state index contributed by atoms with van der Waals surface area (Å²) >= 11 is 0. The van der Waals surface area contributed by atoms with Crippen molar-refractivity contribution in [3.05, 3.63) is 83.2 Å². The summed E-state index contributed by atoms with van der Waals surface area (Å²) in [4.78, 5) is 31.6. The quantitative estimate of drug-likeness (QED) is 0.393. The topological polar surface area (TPSA) is 124 Å².